The fourth-order valence-corrected chi connectivity index (χ4v) is 3.37. The Morgan fingerprint density at radius 2 is 1.95 bits per heavy atom. The number of hydrogen-bond acceptors (Lipinski definition) is 2. The number of amides is 1. The van der Waals surface area contributed by atoms with E-state index in [-0.39, 0.29) is 23.7 Å². The third-order valence-electron chi connectivity index (χ3n) is 4.67. The van der Waals surface area contributed by atoms with Gasteiger partial charge in [0.05, 0.1) is 0 Å². The first-order chi connectivity index (χ1) is 10.2. The molecule has 1 saturated carbocycles. The van der Waals surface area contributed by atoms with Crippen LogP contribution in [0.15, 0.2) is 24.3 Å². The highest BCUT2D eigenvalue weighted by Crippen LogP contribution is 2.39. The normalized spacial score (nSPS) is 16.6. The van der Waals surface area contributed by atoms with Gasteiger partial charge in [0.2, 0.25) is 5.91 Å². The zero-order valence-electron chi connectivity index (χ0n) is 13.8. The average Bonchev–Trinajstić information content (AvgIpc) is 2.52. The summed E-state index contributed by atoms with van der Waals surface area (Å²) in [5.74, 6) is 0.155. The molecule has 2 N–H and O–H groups in total. The van der Waals surface area contributed by atoms with E-state index >= 15 is 0 Å². The summed E-state index contributed by atoms with van der Waals surface area (Å²) < 4.78 is 0. The Morgan fingerprint density at radius 1 is 1.23 bits per heavy atom. The molecule has 0 aliphatic heterocycles. The van der Waals surface area contributed by atoms with Gasteiger partial charge in [-0.05, 0) is 32.4 Å². The molecule has 0 aromatic heterocycles. The van der Waals surface area contributed by atoms with Crippen LogP contribution in [0, 0.1) is 6.92 Å². The standard InChI is InChI=1S/C18H28N2O.ClH/c1-15-7-6-8-16(13-15)18(10-4-3-5-11-18)14-20-17(21)9-12-19-2;/h6-8,13,19H,3-5,9-12,14H2,1-2H3,(H,20,21);1H. The second kappa shape index (κ2) is 9.16. The lowest BCUT2D eigenvalue weighted by atomic mass is 9.69. The van der Waals surface area contributed by atoms with Crippen LogP contribution in [0.1, 0.15) is 49.7 Å². The van der Waals surface area contributed by atoms with Gasteiger partial charge < -0.3 is 10.6 Å². The summed E-state index contributed by atoms with van der Waals surface area (Å²) in [5.41, 5.74) is 2.84. The predicted octanol–water partition coefficient (Wildman–Crippen LogP) is 3.34. The molecule has 4 heteroatoms. The van der Waals surface area contributed by atoms with Crippen molar-refractivity contribution < 1.29 is 4.79 Å². The molecule has 1 aromatic rings. The molecule has 0 unspecified atom stereocenters. The molecule has 124 valence electrons. The van der Waals surface area contributed by atoms with Crippen molar-refractivity contribution in [3.63, 3.8) is 0 Å². The van der Waals surface area contributed by atoms with E-state index in [0.29, 0.717) is 6.42 Å². The van der Waals surface area contributed by atoms with Crippen LogP contribution >= 0.6 is 12.4 Å². The maximum atomic E-state index is 11.9. The topological polar surface area (TPSA) is 41.1 Å². The third-order valence-corrected chi connectivity index (χ3v) is 4.67. The predicted molar refractivity (Wildman–Crippen MR) is 94.7 cm³/mol. The summed E-state index contributed by atoms with van der Waals surface area (Å²) in [7, 11) is 1.88. The Kier molecular flexibility index (Phi) is 7.91. The molecule has 1 aromatic carbocycles. The minimum Gasteiger partial charge on any atom is -0.355 e. The van der Waals surface area contributed by atoms with Gasteiger partial charge in [0, 0.05) is 24.9 Å². The lowest BCUT2D eigenvalue weighted by Crippen LogP contribution is -2.42. The highest BCUT2D eigenvalue weighted by molar-refractivity contribution is 5.85. The quantitative estimate of drug-likeness (QED) is 0.842. The highest BCUT2D eigenvalue weighted by Gasteiger charge is 2.34. The van der Waals surface area contributed by atoms with E-state index in [9.17, 15) is 4.79 Å². The van der Waals surface area contributed by atoms with Gasteiger partial charge in [-0.1, -0.05) is 49.1 Å². The van der Waals surface area contributed by atoms with Gasteiger partial charge in [0.1, 0.15) is 0 Å². The van der Waals surface area contributed by atoms with E-state index in [4.69, 9.17) is 0 Å². The summed E-state index contributed by atoms with van der Waals surface area (Å²) >= 11 is 0. The van der Waals surface area contributed by atoms with Crippen molar-refractivity contribution in [2.24, 2.45) is 0 Å². The first-order valence-corrected chi connectivity index (χ1v) is 8.15. The fraction of sp³-hybridized carbons (Fsp3) is 0.611. The smallest absolute Gasteiger partial charge is 0.221 e. The van der Waals surface area contributed by atoms with E-state index < -0.39 is 0 Å². The number of aryl methyl sites for hydroxylation is 1. The average molecular weight is 325 g/mol. The first-order valence-electron chi connectivity index (χ1n) is 8.15. The van der Waals surface area contributed by atoms with E-state index in [0.717, 1.165) is 13.1 Å². The Labute approximate surface area is 140 Å². The number of rotatable bonds is 6. The molecule has 22 heavy (non-hydrogen) atoms. The molecule has 0 saturated heterocycles. The molecule has 0 heterocycles. The Bertz CT molecular complexity index is 470. The van der Waals surface area contributed by atoms with Crippen LogP contribution in [0.2, 0.25) is 0 Å². The van der Waals surface area contributed by atoms with Gasteiger partial charge in [-0.15, -0.1) is 12.4 Å². The Hall–Kier alpha value is -1.06. The van der Waals surface area contributed by atoms with Crippen LogP contribution < -0.4 is 10.6 Å². The third kappa shape index (κ3) is 4.99. The van der Waals surface area contributed by atoms with Crippen LogP contribution in [0.3, 0.4) is 0 Å². The number of carbonyl (C=O) groups is 1. The molecule has 0 atom stereocenters. The molecular weight excluding hydrogens is 296 g/mol. The number of carbonyl (C=O) groups excluding carboxylic acids is 1. The largest absolute Gasteiger partial charge is 0.355 e. The van der Waals surface area contributed by atoms with Crippen LogP contribution in [-0.2, 0) is 10.2 Å². The summed E-state index contributed by atoms with van der Waals surface area (Å²) in [4.78, 5) is 11.9. The molecule has 0 bridgehead atoms. The summed E-state index contributed by atoms with van der Waals surface area (Å²) in [5, 5.41) is 6.19. The minimum atomic E-state index is 0. The number of benzene rings is 1. The maximum Gasteiger partial charge on any atom is 0.221 e. The van der Waals surface area contributed by atoms with E-state index in [1.807, 2.05) is 7.05 Å². The lowest BCUT2D eigenvalue weighted by Gasteiger charge is -2.38. The SMILES string of the molecule is CNCCC(=O)NCC1(c2cccc(C)c2)CCCCC1.Cl. The van der Waals surface area contributed by atoms with Crippen molar-refractivity contribution in [2.45, 2.75) is 50.9 Å². The zero-order chi connectivity index (χ0) is 15.1. The van der Waals surface area contributed by atoms with Crippen molar-refractivity contribution in [3.05, 3.63) is 35.4 Å². The van der Waals surface area contributed by atoms with Crippen LogP contribution in [0.4, 0.5) is 0 Å². The van der Waals surface area contributed by atoms with Crippen molar-refractivity contribution in [1.29, 1.82) is 0 Å². The molecule has 1 aliphatic carbocycles. The number of nitrogens with one attached hydrogen (secondary N) is 2. The second-order valence-electron chi connectivity index (χ2n) is 6.34. The van der Waals surface area contributed by atoms with Crippen molar-refractivity contribution in [3.8, 4) is 0 Å². The molecule has 0 spiro atoms. The van der Waals surface area contributed by atoms with Gasteiger partial charge in [-0.25, -0.2) is 0 Å². The van der Waals surface area contributed by atoms with Gasteiger partial charge in [0.25, 0.3) is 0 Å². The van der Waals surface area contributed by atoms with E-state index in [2.05, 4.69) is 41.8 Å². The van der Waals surface area contributed by atoms with Gasteiger partial charge in [-0.3, -0.25) is 4.79 Å². The Balaban J connectivity index is 0.00000242. The molecule has 2 rings (SSSR count). The van der Waals surface area contributed by atoms with Crippen LogP contribution in [0.5, 0.6) is 0 Å². The van der Waals surface area contributed by atoms with Gasteiger partial charge in [0.15, 0.2) is 0 Å². The maximum absolute atomic E-state index is 11.9. The second-order valence-corrected chi connectivity index (χ2v) is 6.34. The van der Waals surface area contributed by atoms with Crippen LogP contribution in [0.25, 0.3) is 0 Å². The van der Waals surface area contributed by atoms with E-state index in [1.54, 1.807) is 0 Å². The zero-order valence-corrected chi connectivity index (χ0v) is 14.6. The number of halogens is 1. The Morgan fingerprint density at radius 3 is 2.59 bits per heavy atom. The minimum absolute atomic E-state index is 0. The lowest BCUT2D eigenvalue weighted by molar-refractivity contribution is -0.121. The van der Waals surface area contributed by atoms with E-state index in [1.165, 1.54) is 43.2 Å². The van der Waals surface area contributed by atoms with Crippen LogP contribution in [-0.4, -0.2) is 26.0 Å². The molecule has 1 fully saturated rings. The highest BCUT2D eigenvalue weighted by atomic mass is 35.5. The summed E-state index contributed by atoms with van der Waals surface area (Å²) in [6, 6.07) is 8.82. The molecular formula is C18H29ClN2O. The summed E-state index contributed by atoms with van der Waals surface area (Å²) in [6.07, 6.45) is 6.77. The van der Waals surface area contributed by atoms with Gasteiger partial charge >= 0.3 is 0 Å². The van der Waals surface area contributed by atoms with Crippen molar-refractivity contribution in [1.82, 2.24) is 10.6 Å². The first kappa shape index (κ1) is 19.0. The van der Waals surface area contributed by atoms with Crippen molar-refractivity contribution in [2.75, 3.05) is 20.1 Å². The molecule has 1 aliphatic rings. The van der Waals surface area contributed by atoms with Gasteiger partial charge in [-0.2, -0.15) is 0 Å². The van der Waals surface area contributed by atoms with Crippen molar-refractivity contribution >= 4 is 18.3 Å². The summed E-state index contributed by atoms with van der Waals surface area (Å²) in [6.45, 7) is 3.66. The fourth-order valence-electron chi connectivity index (χ4n) is 3.37. The molecule has 0 radical (unpaired) electrons. The molecule has 1 amide bonds. The monoisotopic (exact) mass is 324 g/mol. The number of hydrogen-bond donors (Lipinski definition) is 2. The molecule has 3 nitrogen and oxygen atoms in total.